The van der Waals surface area contributed by atoms with Crippen molar-refractivity contribution in [1.29, 1.82) is 0 Å². The molecule has 2 N–H and O–H groups in total. The van der Waals surface area contributed by atoms with Crippen molar-refractivity contribution >= 4 is 6.03 Å². The summed E-state index contributed by atoms with van der Waals surface area (Å²) in [5.41, 5.74) is 0. The maximum absolute atomic E-state index is 11.3. The Morgan fingerprint density at radius 3 is 3.00 bits per heavy atom. The van der Waals surface area contributed by atoms with E-state index in [2.05, 4.69) is 10.6 Å². The summed E-state index contributed by atoms with van der Waals surface area (Å²) < 4.78 is 0. The van der Waals surface area contributed by atoms with E-state index in [9.17, 15) is 4.79 Å². The quantitative estimate of drug-likeness (QED) is 0.614. The van der Waals surface area contributed by atoms with Gasteiger partial charge in [-0.05, 0) is 19.9 Å². The number of carbonyl (C=O) groups is 1. The summed E-state index contributed by atoms with van der Waals surface area (Å²) in [6, 6.07) is 0.359. The molecule has 0 aromatic heterocycles. The third-order valence-electron chi connectivity index (χ3n) is 2.21. The zero-order valence-corrected chi connectivity index (χ0v) is 7.76. The summed E-state index contributed by atoms with van der Waals surface area (Å²) in [6.45, 7) is 4.64. The lowest BCUT2D eigenvalue weighted by Crippen LogP contribution is -2.43. The number of nitrogens with zero attached hydrogens (tertiary/aromatic N) is 1. The summed E-state index contributed by atoms with van der Waals surface area (Å²) in [4.78, 5) is 13.0. The van der Waals surface area contributed by atoms with E-state index in [4.69, 9.17) is 0 Å². The van der Waals surface area contributed by atoms with E-state index in [1.54, 1.807) is 11.9 Å². The molecule has 0 aliphatic carbocycles. The summed E-state index contributed by atoms with van der Waals surface area (Å²) in [5, 5.41) is 6.16. The molecular weight excluding hydrogens is 154 g/mol. The van der Waals surface area contributed by atoms with Gasteiger partial charge in [-0.3, -0.25) is 0 Å². The van der Waals surface area contributed by atoms with Gasteiger partial charge >= 0.3 is 6.03 Å². The second-order valence-electron chi connectivity index (χ2n) is 3.15. The lowest BCUT2D eigenvalue weighted by molar-refractivity contribution is 0.207. The van der Waals surface area contributed by atoms with E-state index in [1.165, 1.54) is 0 Å². The molecule has 1 heterocycles. The molecule has 1 aliphatic rings. The Morgan fingerprint density at radius 1 is 1.75 bits per heavy atom. The monoisotopic (exact) mass is 171 g/mol. The molecule has 0 aromatic carbocycles. The molecule has 0 unspecified atom stereocenters. The number of carbonyl (C=O) groups excluding carboxylic acids is 1. The Balaban J connectivity index is 2.25. The SMILES string of the molecule is CCN(C)C(=O)N[C@H]1CCNC1. The van der Waals surface area contributed by atoms with Crippen LogP contribution in [0.4, 0.5) is 4.79 Å². The molecule has 0 bridgehead atoms. The van der Waals surface area contributed by atoms with Crippen LogP contribution in [0, 0.1) is 0 Å². The van der Waals surface area contributed by atoms with Crippen LogP contribution >= 0.6 is 0 Å². The highest BCUT2D eigenvalue weighted by atomic mass is 16.2. The molecule has 1 saturated heterocycles. The van der Waals surface area contributed by atoms with Crippen LogP contribution in [0.15, 0.2) is 0 Å². The van der Waals surface area contributed by atoms with Crippen molar-refractivity contribution in [3.63, 3.8) is 0 Å². The van der Waals surface area contributed by atoms with Crippen LogP contribution in [-0.2, 0) is 0 Å². The Labute approximate surface area is 73.3 Å². The van der Waals surface area contributed by atoms with Crippen molar-refractivity contribution in [2.24, 2.45) is 0 Å². The number of amides is 2. The minimum absolute atomic E-state index is 0.0335. The van der Waals surface area contributed by atoms with Gasteiger partial charge in [-0.25, -0.2) is 4.79 Å². The minimum Gasteiger partial charge on any atom is -0.334 e. The third-order valence-corrected chi connectivity index (χ3v) is 2.21. The van der Waals surface area contributed by atoms with E-state index >= 15 is 0 Å². The van der Waals surface area contributed by atoms with Crippen LogP contribution in [0.1, 0.15) is 13.3 Å². The Bertz CT molecular complexity index is 154. The van der Waals surface area contributed by atoms with E-state index in [0.717, 1.165) is 26.1 Å². The molecule has 12 heavy (non-hydrogen) atoms. The molecular formula is C8H17N3O. The van der Waals surface area contributed by atoms with E-state index < -0.39 is 0 Å². The van der Waals surface area contributed by atoms with Gasteiger partial charge in [0.15, 0.2) is 0 Å². The van der Waals surface area contributed by atoms with Gasteiger partial charge in [0, 0.05) is 26.2 Å². The van der Waals surface area contributed by atoms with Crippen molar-refractivity contribution in [3.8, 4) is 0 Å². The van der Waals surface area contributed by atoms with Crippen LogP contribution in [0.25, 0.3) is 0 Å². The molecule has 1 atom stereocenters. The summed E-state index contributed by atoms with van der Waals surface area (Å²) in [7, 11) is 1.80. The molecule has 70 valence electrons. The lowest BCUT2D eigenvalue weighted by Gasteiger charge is -2.18. The van der Waals surface area contributed by atoms with Gasteiger partial charge < -0.3 is 15.5 Å². The summed E-state index contributed by atoms with van der Waals surface area (Å²) >= 11 is 0. The van der Waals surface area contributed by atoms with Gasteiger partial charge in [-0.1, -0.05) is 0 Å². The van der Waals surface area contributed by atoms with Gasteiger partial charge in [-0.15, -0.1) is 0 Å². The van der Waals surface area contributed by atoms with Crippen LogP contribution in [0.3, 0.4) is 0 Å². The highest BCUT2D eigenvalue weighted by molar-refractivity contribution is 5.74. The number of nitrogens with one attached hydrogen (secondary N) is 2. The first kappa shape index (κ1) is 9.32. The summed E-state index contributed by atoms with van der Waals surface area (Å²) in [6.07, 6.45) is 1.04. The molecule has 1 rings (SSSR count). The fourth-order valence-electron chi connectivity index (χ4n) is 1.21. The summed E-state index contributed by atoms with van der Waals surface area (Å²) in [5.74, 6) is 0. The first-order valence-electron chi connectivity index (χ1n) is 4.46. The Kier molecular flexibility index (Phi) is 3.34. The third kappa shape index (κ3) is 2.37. The molecule has 1 fully saturated rings. The molecule has 0 saturated carbocycles. The maximum Gasteiger partial charge on any atom is 0.317 e. The van der Waals surface area contributed by atoms with Gasteiger partial charge in [-0.2, -0.15) is 0 Å². The standard InChI is InChI=1S/C8H17N3O/c1-3-11(2)8(12)10-7-4-5-9-6-7/h7,9H,3-6H2,1-2H3,(H,10,12)/t7-/m0/s1. The second kappa shape index (κ2) is 4.30. The van der Waals surface area contributed by atoms with E-state index in [-0.39, 0.29) is 6.03 Å². The van der Waals surface area contributed by atoms with Crippen molar-refractivity contribution in [2.75, 3.05) is 26.7 Å². The van der Waals surface area contributed by atoms with Crippen molar-refractivity contribution in [1.82, 2.24) is 15.5 Å². The molecule has 0 aromatic rings. The van der Waals surface area contributed by atoms with Gasteiger partial charge in [0.05, 0.1) is 0 Å². The average Bonchev–Trinajstić information content (AvgIpc) is 2.55. The van der Waals surface area contributed by atoms with Crippen LogP contribution in [0.5, 0.6) is 0 Å². The fourth-order valence-corrected chi connectivity index (χ4v) is 1.21. The normalized spacial score (nSPS) is 22.3. The predicted molar refractivity (Wildman–Crippen MR) is 48.1 cm³/mol. The topological polar surface area (TPSA) is 44.4 Å². The Hall–Kier alpha value is -0.770. The van der Waals surface area contributed by atoms with Crippen molar-refractivity contribution in [3.05, 3.63) is 0 Å². The lowest BCUT2D eigenvalue weighted by atomic mass is 10.3. The van der Waals surface area contributed by atoms with Crippen molar-refractivity contribution < 1.29 is 4.79 Å². The van der Waals surface area contributed by atoms with Gasteiger partial charge in [0.25, 0.3) is 0 Å². The second-order valence-corrected chi connectivity index (χ2v) is 3.15. The molecule has 2 amide bonds. The Morgan fingerprint density at radius 2 is 2.50 bits per heavy atom. The molecule has 0 spiro atoms. The average molecular weight is 171 g/mol. The number of urea groups is 1. The molecule has 4 nitrogen and oxygen atoms in total. The molecule has 1 aliphatic heterocycles. The first-order valence-corrected chi connectivity index (χ1v) is 4.46. The smallest absolute Gasteiger partial charge is 0.317 e. The van der Waals surface area contributed by atoms with Crippen molar-refractivity contribution in [2.45, 2.75) is 19.4 Å². The van der Waals surface area contributed by atoms with E-state index in [0.29, 0.717) is 6.04 Å². The molecule has 4 heteroatoms. The fraction of sp³-hybridized carbons (Fsp3) is 0.875. The van der Waals surface area contributed by atoms with Gasteiger partial charge in [0.1, 0.15) is 0 Å². The van der Waals surface area contributed by atoms with E-state index in [1.807, 2.05) is 6.92 Å². The number of hydrogen-bond donors (Lipinski definition) is 2. The minimum atomic E-state index is 0.0335. The maximum atomic E-state index is 11.3. The zero-order chi connectivity index (χ0) is 8.97. The first-order chi connectivity index (χ1) is 5.74. The predicted octanol–water partition coefficient (Wildman–Crippen LogP) is 0.00960. The van der Waals surface area contributed by atoms with Gasteiger partial charge in [0.2, 0.25) is 0 Å². The number of hydrogen-bond acceptors (Lipinski definition) is 2. The van der Waals surface area contributed by atoms with Crippen LogP contribution in [0.2, 0.25) is 0 Å². The highest BCUT2D eigenvalue weighted by Gasteiger charge is 2.17. The number of rotatable bonds is 2. The zero-order valence-electron chi connectivity index (χ0n) is 7.76. The molecule has 0 radical (unpaired) electrons. The highest BCUT2D eigenvalue weighted by Crippen LogP contribution is 1.97. The van der Waals surface area contributed by atoms with Crippen LogP contribution < -0.4 is 10.6 Å². The van der Waals surface area contributed by atoms with Crippen LogP contribution in [-0.4, -0.2) is 43.7 Å². The largest absolute Gasteiger partial charge is 0.334 e.